The van der Waals surface area contributed by atoms with Crippen LogP contribution in [0, 0.1) is 0 Å². The molecule has 2 aliphatic heterocycles. The van der Waals surface area contributed by atoms with Crippen molar-refractivity contribution >= 4 is 87.5 Å². The Morgan fingerprint density at radius 1 is 0.287 bits per heavy atom. The van der Waals surface area contributed by atoms with Gasteiger partial charge in [0.15, 0.2) is 0 Å². The highest BCUT2D eigenvalue weighted by molar-refractivity contribution is 7.01. The first-order chi connectivity index (χ1) is 39.4. The van der Waals surface area contributed by atoms with Gasteiger partial charge in [0.05, 0.1) is 19.4 Å². The number of para-hydroxylation sites is 4. The first kappa shape index (κ1) is 48.7. The van der Waals surface area contributed by atoms with E-state index in [9.17, 15) is 0 Å². The van der Waals surface area contributed by atoms with E-state index < -0.39 is 8.07 Å². The van der Waals surface area contributed by atoms with E-state index in [1.54, 1.807) is 0 Å². The number of rotatable bonds is 11. The van der Waals surface area contributed by atoms with Gasteiger partial charge in [-0.05, 0) is 104 Å². The minimum absolute atomic E-state index is 0.136. The van der Waals surface area contributed by atoms with Crippen molar-refractivity contribution in [2.24, 2.45) is 0 Å². The second kappa shape index (κ2) is 20.3. The molecule has 0 aromatic heterocycles. The lowest BCUT2D eigenvalue weighted by molar-refractivity contribution is 1.24. The van der Waals surface area contributed by atoms with Crippen LogP contribution in [-0.2, 0) is 0 Å². The van der Waals surface area contributed by atoms with Crippen LogP contribution < -0.4 is 36.3 Å². The quantitative estimate of drug-likeness (QED) is 0.120. The van der Waals surface area contributed by atoms with Crippen LogP contribution in [0.2, 0.25) is 19.6 Å². The van der Waals surface area contributed by atoms with Gasteiger partial charge in [-0.2, -0.15) is 0 Å². The molecule has 2 heterocycles. The Bertz CT molecular complexity index is 4050. The van der Waals surface area contributed by atoms with Gasteiger partial charge in [-0.15, -0.1) is 0 Å². The van der Waals surface area contributed by atoms with Crippen molar-refractivity contribution in [2.45, 2.75) is 19.6 Å². The Hall–Kier alpha value is -9.68. The summed E-state index contributed by atoms with van der Waals surface area (Å²) in [5, 5.41) is 1.43. The summed E-state index contributed by atoms with van der Waals surface area (Å²) >= 11 is 0. The lowest BCUT2D eigenvalue weighted by Gasteiger charge is -2.46. The third-order valence-electron chi connectivity index (χ3n) is 16.2. The monoisotopic (exact) mass is 1040 g/mol. The predicted octanol–water partition coefficient (Wildman–Crippen LogP) is 18.1. The van der Waals surface area contributed by atoms with Gasteiger partial charge < -0.3 is 14.7 Å². The molecule has 2 aliphatic rings. The van der Waals surface area contributed by atoms with Crippen LogP contribution in [0.15, 0.2) is 297 Å². The van der Waals surface area contributed by atoms with Crippen molar-refractivity contribution in [3.63, 3.8) is 0 Å². The molecule has 5 heteroatoms. The fraction of sp³-hybridized carbons (Fsp3) is 0.0400. The average Bonchev–Trinajstić information content (AvgIpc) is 2.32. The Labute approximate surface area is 472 Å². The highest BCUT2D eigenvalue weighted by atomic mass is 28.3. The topological polar surface area (TPSA) is 9.72 Å². The maximum absolute atomic E-state index is 2.66. The van der Waals surface area contributed by atoms with Gasteiger partial charge in [0.25, 0.3) is 6.71 Å². The van der Waals surface area contributed by atoms with E-state index in [1.165, 1.54) is 49.5 Å². The number of benzene rings is 12. The van der Waals surface area contributed by atoms with Crippen molar-refractivity contribution in [2.75, 3.05) is 14.7 Å². The fourth-order valence-corrected chi connectivity index (χ4v) is 13.6. The Morgan fingerprint density at radius 2 is 0.675 bits per heavy atom. The Kier molecular flexibility index (Phi) is 12.3. The van der Waals surface area contributed by atoms with Crippen LogP contribution in [0.4, 0.5) is 51.2 Å². The van der Waals surface area contributed by atoms with Gasteiger partial charge in [-0.25, -0.2) is 0 Å². The van der Waals surface area contributed by atoms with Crippen LogP contribution in [0.5, 0.6) is 0 Å². The first-order valence-corrected chi connectivity index (χ1v) is 31.4. The normalized spacial score (nSPS) is 12.4. The second-order valence-electron chi connectivity index (χ2n) is 22.0. The lowest BCUT2D eigenvalue weighted by Crippen LogP contribution is -2.62. The number of fused-ring (bicyclic) bond motifs is 4. The molecule has 0 saturated carbocycles. The zero-order valence-corrected chi connectivity index (χ0v) is 46.2. The molecule has 0 atom stereocenters. The van der Waals surface area contributed by atoms with Crippen LogP contribution in [0.1, 0.15) is 0 Å². The highest BCUT2D eigenvalue weighted by Crippen LogP contribution is 2.54. The van der Waals surface area contributed by atoms with E-state index in [1.807, 2.05) is 0 Å². The molecule has 0 fully saturated rings. The molecule has 0 amide bonds. The number of nitrogens with zero attached hydrogens (tertiary/aromatic N) is 3. The first-order valence-electron chi connectivity index (χ1n) is 27.9. The summed E-state index contributed by atoms with van der Waals surface area (Å²) < 4.78 is 0. The molecule has 0 saturated heterocycles. The van der Waals surface area contributed by atoms with Gasteiger partial charge >= 0.3 is 0 Å². The van der Waals surface area contributed by atoms with Crippen LogP contribution in [-0.4, -0.2) is 14.8 Å². The average molecular weight is 1040 g/mol. The molecule has 380 valence electrons. The lowest BCUT2D eigenvalue weighted by atomic mass is 9.33. The van der Waals surface area contributed by atoms with Gasteiger partial charge in [-0.3, -0.25) is 0 Å². The van der Waals surface area contributed by atoms with Crippen molar-refractivity contribution < 1.29 is 0 Å². The number of anilines is 9. The van der Waals surface area contributed by atoms with Crippen LogP contribution in [0.3, 0.4) is 0 Å². The van der Waals surface area contributed by atoms with E-state index in [-0.39, 0.29) is 6.71 Å². The van der Waals surface area contributed by atoms with E-state index in [2.05, 4.69) is 332 Å². The summed E-state index contributed by atoms with van der Waals surface area (Å²) in [6, 6.07) is 110. The van der Waals surface area contributed by atoms with Crippen molar-refractivity contribution in [1.29, 1.82) is 0 Å². The molecule has 80 heavy (non-hydrogen) atoms. The minimum Gasteiger partial charge on any atom is -0.310 e. The summed E-state index contributed by atoms with van der Waals surface area (Å²) in [5.41, 5.74) is 25.6. The Balaban J connectivity index is 1.17. The van der Waals surface area contributed by atoms with E-state index in [4.69, 9.17) is 0 Å². The van der Waals surface area contributed by atoms with Gasteiger partial charge in [-0.1, -0.05) is 267 Å². The van der Waals surface area contributed by atoms with E-state index >= 15 is 0 Å². The molecule has 0 radical (unpaired) electrons. The van der Waals surface area contributed by atoms with Crippen LogP contribution >= 0.6 is 0 Å². The summed E-state index contributed by atoms with van der Waals surface area (Å²) in [7, 11) is -1.89. The maximum atomic E-state index is 2.66. The summed E-state index contributed by atoms with van der Waals surface area (Å²) in [6.07, 6.45) is 0. The maximum Gasteiger partial charge on any atom is 0.252 e. The molecule has 0 spiro atoms. The Morgan fingerprint density at radius 3 is 1.09 bits per heavy atom. The number of hydrogen-bond acceptors (Lipinski definition) is 3. The smallest absolute Gasteiger partial charge is 0.252 e. The van der Waals surface area contributed by atoms with E-state index in [0.717, 1.165) is 78.9 Å². The molecular weight excluding hydrogens is 982 g/mol. The molecular formula is C75H58BN3Si. The molecule has 3 nitrogen and oxygen atoms in total. The van der Waals surface area contributed by atoms with Gasteiger partial charge in [0.1, 0.15) is 0 Å². The predicted molar refractivity (Wildman–Crippen MR) is 345 cm³/mol. The highest BCUT2D eigenvalue weighted by Gasteiger charge is 2.46. The zero-order valence-electron chi connectivity index (χ0n) is 45.2. The summed E-state index contributed by atoms with van der Waals surface area (Å²) in [5.74, 6) is 0. The summed E-state index contributed by atoms with van der Waals surface area (Å²) in [4.78, 5) is 7.72. The van der Waals surface area contributed by atoms with Crippen molar-refractivity contribution in [3.05, 3.63) is 297 Å². The third kappa shape index (κ3) is 8.55. The van der Waals surface area contributed by atoms with Crippen molar-refractivity contribution in [3.8, 4) is 55.6 Å². The largest absolute Gasteiger partial charge is 0.310 e. The van der Waals surface area contributed by atoms with Gasteiger partial charge in [0, 0.05) is 62.1 Å². The SMILES string of the molecule is C[Si](C)(C)c1ccc2c(c1)B1c3ccc(N(c4ccccc4)c4ccccc4)cc3N(c3c(-c4ccccc4)cccc3-c3ccccc3)c3cc(-c4ccccc4)cc(c31)N2c1c(-c2ccccc2)cccc1-c1ccccc1. The molecule has 0 aliphatic carbocycles. The molecule has 12 aromatic rings. The van der Waals surface area contributed by atoms with Gasteiger partial charge in [0.2, 0.25) is 0 Å². The molecule has 0 bridgehead atoms. The zero-order chi connectivity index (χ0) is 53.7. The minimum atomic E-state index is -1.89. The molecule has 0 N–H and O–H groups in total. The molecule has 0 unspecified atom stereocenters. The number of hydrogen-bond donors (Lipinski definition) is 0. The van der Waals surface area contributed by atoms with Crippen molar-refractivity contribution in [1.82, 2.24) is 0 Å². The van der Waals surface area contributed by atoms with Crippen LogP contribution in [0.25, 0.3) is 55.6 Å². The fourth-order valence-electron chi connectivity index (χ4n) is 12.4. The summed E-state index contributed by atoms with van der Waals surface area (Å²) in [6.45, 7) is 7.31. The third-order valence-corrected chi connectivity index (χ3v) is 18.2. The molecule has 12 aromatic carbocycles. The van der Waals surface area contributed by atoms with E-state index in [0.29, 0.717) is 0 Å². The molecule has 14 rings (SSSR count). The standard InChI is InChI=1S/C75H58BN3Si/c1-80(2,3)62-46-48-69-68(52-62)76-67-47-45-61(77(59-37-21-9-22-38-59)60-39-23-10-24-40-60)51-70(67)79(75-65(56-33-17-7-18-34-56)43-26-44-66(75)57-35-19-8-20-36-57)72-50-58(53-27-11-4-12-28-53)49-71(73(72)76)78(69)74-63(54-29-13-5-14-30-54)41-25-42-64(74)55-31-15-6-16-32-55/h4-52H,1-3H3. The second-order valence-corrected chi connectivity index (χ2v) is 27.1.